The van der Waals surface area contributed by atoms with Crippen molar-refractivity contribution in [2.45, 2.75) is 11.8 Å². The zero-order valence-corrected chi connectivity index (χ0v) is 17.9. The molecule has 29 heavy (non-hydrogen) atoms. The second-order valence-electron chi connectivity index (χ2n) is 6.31. The number of carbonyl (C=O) groups is 2. The number of hydrogen-bond donors (Lipinski definition) is 2. The van der Waals surface area contributed by atoms with Crippen molar-refractivity contribution in [3.63, 3.8) is 0 Å². The molecule has 0 aliphatic rings. The van der Waals surface area contributed by atoms with Crippen LogP contribution in [0, 0.1) is 12.7 Å². The van der Waals surface area contributed by atoms with Gasteiger partial charge >= 0.3 is 0 Å². The van der Waals surface area contributed by atoms with Crippen LogP contribution in [0.15, 0.2) is 76.1 Å². The number of aryl methyl sites for hydroxylation is 1. The van der Waals surface area contributed by atoms with Crippen LogP contribution in [0.25, 0.3) is 0 Å². The Morgan fingerprint density at radius 3 is 2.48 bits per heavy atom. The molecule has 4 nitrogen and oxygen atoms in total. The lowest BCUT2D eigenvalue weighted by atomic mass is 10.1. The second kappa shape index (κ2) is 9.71. The highest BCUT2D eigenvalue weighted by molar-refractivity contribution is 9.10. The number of halogens is 2. The molecule has 0 saturated heterocycles. The predicted octanol–water partition coefficient (Wildman–Crippen LogP) is 5.88. The van der Waals surface area contributed by atoms with Gasteiger partial charge in [0.2, 0.25) is 5.91 Å². The summed E-state index contributed by atoms with van der Waals surface area (Å²) in [5.74, 6) is -0.898. The van der Waals surface area contributed by atoms with Gasteiger partial charge in [0.15, 0.2) is 0 Å². The Labute approximate surface area is 181 Å². The topological polar surface area (TPSA) is 58.2 Å². The Morgan fingerprint density at radius 1 is 1.00 bits per heavy atom. The first-order valence-electron chi connectivity index (χ1n) is 8.76. The maximum absolute atomic E-state index is 13.8. The van der Waals surface area contributed by atoms with Crippen LogP contribution in [0.2, 0.25) is 0 Å². The third-order valence-electron chi connectivity index (χ3n) is 3.98. The Bertz CT molecular complexity index is 1040. The second-order valence-corrected chi connectivity index (χ2v) is 8.27. The molecule has 3 aromatic carbocycles. The molecule has 2 amide bonds. The summed E-state index contributed by atoms with van der Waals surface area (Å²) in [6.45, 7) is 1.96. The van der Waals surface area contributed by atoms with Crippen LogP contribution in [0.3, 0.4) is 0 Å². The number of amides is 2. The van der Waals surface area contributed by atoms with Gasteiger partial charge < -0.3 is 10.6 Å². The molecule has 0 heterocycles. The molecule has 0 unspecified atom stereocenters. The number of benzene rings is 3. The molecular formula is C22H18BrFN2O2S. The first-order chi connectivity index (χ1) is 13.9. The van der Waals surface area contributed by atoms with E-state index in [1.807, 2.05) is 25.1 Å². The molecule has 0 atom stereocenters. The van der Waals surface area contributed by atoms with Crippen molar-refractivity contribution in [3.8, 4) is 0 Å². The molecule has 0 aromatic heterocycles. The molecule has 0 aliphatic carbocycles. The Hall–Kier alpha value is -2.64. The Morgan fingerprint density at radius 2 is 1.76 bits per heavy atom. The van der Waals surface area contributed by atoms with E-state index in [2.05, 4.69) is 26.6 Å². The standard InChI is InChI=1S/C22H18BrFN2O2S/c1-14-5-7-15(8-6-14)22(28)25-17-3-2-4-18(12-17)29-13-21(27)26-20-10-9-16(23)11-19(20)24/h2-12H,13H2,1H3,(H,25,28)(H,26,27). The molecule has 0 bridgehead atoms. The highest BCUT2D eigenvalue weighted by atomic mass is 79.9. The molecule has 2 N–H and O–H groups in total. The molecule has 0 saturated carbocycles. The highest BCUT2D eigenvalue weighted by Crippen LogP contribution is 2.23. The molecule has 0 aliphatic heterocycles. The fourth-order valence-corrected chi connectivity index (χ4v) is 3.59. The van der Waals surface area contributed by atoms with E-state index in [0.29, 0.717) is 15.7 Å². The number of nitrogens with one attached hydrogen (secondary N) is 2. The lowest BCUT2D eigenvalue weighted by Gasteiger charge is -2.09. The molecule has 0 radical (unpaired) electrons. The van der Waals surface area contributed by atoms with Gasteiger partial charge in [-0.2, -0.15) is 0 Å². The summed E-state index contributed by atoms with van der Waals surface area (Å²) in [5, 5.41) is 5.41. The van der Waals surface area contributed by atoms with Crippen LogP contribution in [-0.2, 0) is 4.79 Å². The molecule has 0 fully saturated rings. The summed E-state index contributed by atoms with van der Waals surface area (Å²) in [4.78, 5) is 25.3. The fraction of sp³-hybridized carbons (Fsp3) is 0.0909. The summed E-state index contributed by atoms with van der Waals surface area (Å²) < 4.78 is 14.4. The van der Waals surface area contributed by atoms with Gasteiger partial charge in [0.05, 0.1) is 11.4 Å². The van der Waals surface area contributed by atoms with E-state index in [-0.39, 0.29) is 23.3 Å². The number of rotatable bonds is 6. The number of thioether (sulfide) groups is 1. The number of anilines is 2. The van der Waals surface area contributed by atoms with Gasteiger partial charge in [-0.3, -0.25) is 9.59 Å². The summed E-state index contributed by atoms with van der Waals surface area (Å²) >= 11 is 4.48. The predicted molar refractivity (Wildman–Crippen MR) is 119 cm³/mol. The minimum Gasteiger partial charge on any atom is -0.323 e. The van der Waals surface area contributed by atoms with Gasteiger partial charge in [0.1, 0.15) is 5.82 Å². The first kappa shape index (κ1) is 21.1. The third kappa shape index (κ3) is 6.17. The summed E-state index contributed by atoms with van der Waals surface area (Å²) in [5.41, 5.74) is 2.43. The number of hydrogen-bond acceptors (Lipinski definition) is 3. The van der Waals surface area contributed by atoms with Gasteiger partial charge in [-0.15, -0.1) is 11.8 Å². The van der Waals surface area contributed by atoms with E-state index in [0.717, 1.165) is 10.5 Å². The monoisotopic (exact) mass is 472 g/mol. The lowest BCUT2D eigenvalue weighted by Crippen LogP contribution is -2.15. The van der Waals surface area contributed by atoms with Crippen LogP contribution in [0.5, 0.6) is 0 Å². The lowest BCUT2D eigenvalue weighted by molar-refractivity contribution is -0.113. The normalized spacial score (nSPS) is 10.4. The van der Waals surface area contributed by atoms with Crippen LogP contribution in [0.4, 0.5) is 15.8 Å². The molecule has 3 aromatic rings. The zero-order valence-electron chi connectivity index (χ0n) is 15.5. The van der Waals surface area contributed by atoms with E-state index in [1.165, 1.54) is 23.9 Å². The van der Waals surface area contributed by atoms with E-state index in [4.69, 9.17) is 0 Å². The minimum absolute atomic E-state index is 0.116. The molecule has 7 heteroatoms. The van der Waals surface area contributed by atoms with Crippen molar-refractivity contribution in [1.29, 1.82) is 0 Å². The maximum Gasteiger partial charge on any atom is 0.255 e. The Balaban J connectivity index is 1.57. The fourth-order valence-electron chi connectivity index (χ4n) is 2.50. The van der Waals surface area contributed by atoms with E-state index >= 15 is 0 Å². The van der Waals surface area contributed by atoms with Crippen molar-refractivity contribution >= 4 is 50.9 Å². The quantitative estimate of drug-likeness (QED) is 0.440. The van der Waals surface area contributed by atoms with Gasteiger partial charge in [-0.25, -0.2) is 4.39 Å². The zero-order chi connectivity index (χ0) is 20.8. The number of carbonyl (C=O) groups excluding carboxylic acids is 2. The van der Waals surface area contributed by atoms with E-state index in [9.17, 15) is 14.0 Å². The van der Waals surface area contributed by atoms with Crippen LogP contribution in [-0.4, -0.2) is 17.6 Å². The van der Waals surface area contributed by atoms with E-state index < -0.39 is 5.82 Å². The molecule has 148 valence electrons. The smallest absolute Gasteiger partial charge is 0.255 e. The van der Waals surface area contributed by atoms with Crippen molar-refractivity contribution in [2.75, 3.05) is 16.4 Å². The SMILES string of the molecule is Cc1ccc(C(=O)Nc2cccc(SCC(=O)Nc3ccc(Br)cc3F)c2)cc1. The highest BCUT2D eigenvalue weighted by Gasteiger charge is 2.10. The molecule has 0 spiro atoms. The van der Waals surface area contributed by atoms with Crippen LogP contribution in [0.1, 0.15) is 15.9 Å². The Kier molecular flexibility index (Phi) is 7.06. The van der Waals surface area contributed by atoms with Crippen molar-refractivity contribution in [1.82, 2.24) is 0 Å². The van der Waals surface area contributed by atoms with Crippen molar-refractivity contribution < 1.29 is 14.0 Å². The largest absolute Gasteiger partial charge is 0.323 e. The van der Waals surface area contributed by atoms with Crippen LogP contribution < -0.4 is 10.6 Å². The average Bonchev–Trinajstić information content (AvgIpc) is 2.69. The summed E-state index contributed by atoms with van der Waals surface area (Å²) in [6, 6.07) is 19.0. The summed E-state index contributed by atoms with van der Waals surface area (Å²) in [7, 11) is 0. The van der Waals surface area contributed by atoms with Gasteiger partial charge in [0, 0.05) is 20.6 Å². The molecule has 3 rings (SSSR count). The minimum atomic E-state index is -0.501. The van der Waals surface area contributed by atoms with Gasteiger partial charge in [-0.05, 0) is 55.5 Å². The van der Waals surface area contributed by atoms with Crippen molar-refractivity contribution in [2.24, 2.45) is 0 Å². The van der Waals surface area contributed by atoms with Crippen molar-refractivity contribution in [3.05, 3.63) is 88.1 Å². The maximum atomic E-state index is 13.8. The van der Waals surface area contributed by atoms with Gasteiger partial charge in [0.25, 0.3) is 5.91 Å². The van der Waals surface area contributed by atoms with Gasteiger partial charge in [-0.1, -0.05) is 39.7 Å². The van der Waals surface area contributed by atoms with Crippen LogP contribution >= 0.6 is 27.7 Å². The molecular weight excluding hydrogens is 455 g/mol. The summed E-state index contributed by atoms with van der Waals surface area (Å²) in [6.07, 6.45) is 0. The first-order valence-corrected chi connectivity index (χ1v) is 10.5. The van der Waals surface area contributed by atoms with E-state index in [1.54, 1.807) is 36.4 Å². The average molecular weight is 473 g/mol. The third-order valence-corrected chi connectivity index (χ3v) is 5.47.